The van der Waals surface area contributed by atoms with E-state index < -0.39 is 29.2 Å². The molecule has 0 radical (unpaired) electrons. The Morgan fingerprint density at radius 2 is 1.76 bits per heavy atom. The van der Waals surface area contributed by atoms with Gasteiger partial charge in [0.1, 0.15) is 28.6 Å². The molecule has 1 atom stereocenters. The van der Waals surface area contributed by atoms with Gasteiger partial charge in [-0.15, -0.1) is 10.2 Å². The lowest BCUT2D eigenvalue weighted by Crippen LogP contribution is -2.41. The number of hydrogen-bond donors (Lipinski definition) is 1. The van der Waals surface area contributed by atoms with Crippen molar-refractivity contribution in [3.05, 3.63) is 78.0 Å². The standard InChI is InChI=1S/C28H26F2N8O3/c1-28(2,3)41-27(39)21-12-31-14-23-33-22(35-37(21)23)15-40-26-24(16-8-4-6-10-18(16)29)20-13-32-34-25(38(20)36-26)17-9-5-7-11-19(17)30/h4-11,13,21,31H,12,14-15H2,1-3H3. The summed E-state index contributed by atoms with van der Waals surface area (Å²) in [7, 11) is 0. The van der Waals surface area contributed by atoms with Crippen LogP contribution in [0.15, 0.2) is 54.7 Å². The lowest BCUT2D eigenvalue weighted by Gasteiger charge is -2.27. The van der Waals surface area contributed by atoms with Crippen LogP contribution < -0.4 is 10.1 Å². The Labute approximate surface area is 233 Å². The second-order valence-corrected chi connectivity index (χ2v) is 10.5. The largest absolute Gasteiger partial charge is 0.468 e. The van der Waals surface area contributed by atoms with E-state index in [1.54, 1.807) is 57.2 Å². The number of carbonyl (C=O) groups is 1. The van der Waals surface area contributed by atoms with Gasteiger partial charge in [0.25, 0.3) is 0 Å². The predicted octanol–water partition coefficient (Wildman–Crippen LogP) is 3.89. The summed E-state index contributed by atoms with van der Waals surface area (Å²) in [6.07, 6.45) is 1.41. The second-order valence-electron chi connectivity index (χ2n) is 10.5. The normalized spacial score (nSPS) is 15.1. The van der Waals surface area contributed by atoms with E-state index in [1.807, 2.05) is 0 Å². The third-order valence-electron chi connectivity index (χ3n) is 6.36. The van der Waals surface area contributed by atoms with Crippen LogP contribution in [0.3, 0.4) is 0 Å². The molecule has 1 aliphatic rings. The molecular formula is C28H26F2N8O3. The topological polar surface area (TPSA) is 121 Å². The Hall–Kier alpha value is -4.78. The number of carbonyl (C=O) groups excluding carboxylic acids is 1. The van der Waals surface area contributed by atoms with E-state index in [0.717, 1.165) is 0 Å². The van der Waals surface area contributed by atoms with Crippen molar-refractivity contribution in [2.24, 2.45) is 0 Å². The zero-order valence-electron chi connectivity index (χ0n) is 22.5. The third kappa shape index (κ3) is 5.11. The Morgan fingerprint density at radius 3 is 2.46 bits per heavy atom. The fraction of sp³-hybridized carbons (Fsp3) is 0.286. The van der Waals surface area contributed by atoms with E-state index in [9.17, 15) is 9.18 Å². The highest BCUT2D eigenvalue weighted by Gasteiger charge is 2.32. The minimum Gasteiger partial charge on any atom is -0.468 e. The summed E-state index contributed by atoms with van der Waals surface area (Å²) in [5.41, 5.74) is 0.413. The molecule has 0 saturated heterocycles. The van der Waals surface area contributed by atoms with Gasteiger partial charge in [0.05, 0.1) is 23.9 Å². The Balaban J connectivity index is 1.38. The molecule has 0 fully saturated rings. The summed E-state index contributed by atoms with van der Waals surface area (Å²) in [4.78, 5) is 17.3. The molecule has 210 valence electrons. The number of aromatic nitrogens is 7. The predicted molar refractivity (Wildman–Crippen MR) is 143 cm³/mol. The number of nitrogens with zero attached hydrogens (tertiary/aromatic N) is 7. The lowest BCUT2D eigenvalue weighted by molar-refractivity contribution is -0.159. The van der Waals surface area contributed by atoms with Gasteiger partial charge in [0, 0.05) is 12.1 Å². The molecule has 0 amide bonds. The molecule has 1 unspecified atom stereocenters. The summed E-state index contributed by atoms with van der Waals surface area (Å²) in [5.74, 6) is -0.429. The van der Waals surface area contributed by atoms with Crippen molar-refractivity contribution in [2.45, 2.75) is 45.6 Å². The molecule has 11 nitrogen and oxygen atoms in total. The number of benzene rings is 2. The van der Waals surface area contributed by atoms with E-state index >= 15 is 4.39 Å². The molecule has 13 heteroatoms. The maximum Gasteiger partial charge on any atom is 0.332 e. The van der Waals surface area contributed by atoms with Crippen LogP contribution in [-0.2, 0) is 22.7 Å². The first-order chi connectivity index (χ1) is 19.7. The molecule has 4 heterocycles. The van der Waals surface area contributed by atoms with E-state index in [-0.39, 0.29) is 29.4 Å². The number of hydrogen-bond acceptors (Lipinski definition) is 9. The van der Waals surface area contributed by atoms with Crippen LogP contribution in [-0.4, -0.2) is 52.7 Å². The third-order valence-corrected chi connectivity index (χ3v) is 6.36. The van der Waals surface area contributed by atoms with E-state index in [2.05, 4.69) is 30.7 Å². The highest BCUT2D eigenvalue weighted by atomic mass is 19.1. The van der Waals surface area contributed by atoms with Crippen molar-refractivity contribution in [1.82, 2.24) is 39.9 Å². The first kappa shape index (κ1) is 26.4. The van der Waals surface area contributed by atoms with Crippen molar-refractivity contribution in [3.8, 4) is 28.4 Å². The van der Waals surface area contributed by atoms with Crippen molar-refractivity contribution in [2.75, 3.05) is 6.54 Å². The average Bonchev–Trinajstić information content (AvgIpc) is 3.52. The molecule has 5 aromatic rings. The molecule has 41 heavy (non-hydrogen) atoms. The van der Waals surface area contributed by atoms with E-state index in [1.165, 1.54) is 27.5 Å². The van der Waals surface area contributed by atoms with E-state index in [0.29, 0.717) is 35.8 Å². The minimum atomic E-state index is -0.691. The summed E-state index contributed by atoms with van der Waals surface area (Å²) in [6, 6.07) is 11.6. The Kier molecular flexibility index (Phi) is 6.66. The molecule has 1 aliphatic heterocycles. The molecule has 3 aromatic heterocycles. The number of ether oxygens (including phenoxy) is 2. The quantitative estimate of drug-likeness (QED) is 0.308. The number of fused-ring (bicyclic) bond motifs is 2. The molecule has 0 bridgehead atoms. The molecule has 0 aliphatic carbocycles. The van der Waals surface area contributed by atoms with Gasteiger partial charge >= 0.3 is 5.97 Å². The maximum atomic E-state index is 15.0. The van der Waals surface area contributed by atoms with Crippen molar-refractivity contribution >= 4 is 11.5 Å². The molecule has 2 aromatic carbocycles. The highest BCUT2D eigenvalue weighted by Crippen LogP contribution is 2.37. The summed E-state index contributed by atoms with van der Waals surface area (Å²) >= 11 is 0. The van der Waals surface area contributed by atoms with Gasteiger partial charge in [-0.05, 0) is 39.0 Å². The average molecular weight is 561 g/mol. The SMILES string of the molecule is CC(C)(C)OC(=O)C1CNCc2nc(COc3nn4c(-c5ccccc5F)nncc4c3-c3ccccc3F)nn21. The summed E-state index contributed by atoms with van der Waals surface area (Å²) < 4.78 is 44.3. The van der Waals surface area contributed by atoms with Gasteiger partial charge in [-0.25, -0.2) is 27.8 Å². The highest BCUT2D eigenvalue weighted by molar-refractivity contribution is 5.85. The zero-order chi connectivity index (χ0) is 28.7. The van der Waals surface area contributed by atoms with Gasteiger partial charge < -0.3 is 14.8 Å². The molecule has 0 saturated carbocycles. The van der Waals surface area contributed by atoms with Gasteiger partial charge in [0.2, 0.25) is 5.88 Å². The minimum absolute atomic E-state index is 0.0529. The van der Waals surface area contributed by atoms with Gasteiger partial charge in [-0.1, -0.05) is 30.3 Å². The maximum absolute atomic E-state index is 15.0. The number of nitrogens with one attached hydrogen (secondary N) is 1. The van der Waals surface area contributed by atoms with Crippen LogP contribution in [0.5, 0.6) is 5.88 Å². The van der Waals surface area contributed by atoms with Crippen LogP contribution in [0.2, 0.25) is 0 Å². The Bertz CT molecular complexity index is 1760. The summed E-state index contributed by atoms with van der Waals surface area (Å²) in [6.45, 7) is 6.01. The van der Waals surface area contributed by atoms with Crippen molar-refractivity contribution in [1.29, 1.82) is 0 Å². The van der Waals surface area contributed by atoms with Crippen LogP contribution in [0.1, 0.15) is 38.5 Å². The number of esters is 1. The van der Waals surface area contributed by atoms with Crippen LogP contribution >= 0.6 is 0 Å². The number of rotatable bonds is 6. The fourth-order valence-corrected chi connectivity index (χ4v) is 4.63. The first-order valence-corrected chi connectivity index (χ1v) is 12.9. The monoisotopic (exact) mass is 560 g/mol. The fourth-order valence-electron chi connectivity index (χ4n) is 4.63. The van der Waals surface area contributed by atoms with Gasteiger partial charge in [0.15, 0.2) is 24.3 Å². The Morgan fingerprint density at radius 1 is 1.05 bits per heavy atom. The molecular weight excluding hydrogens is 534 g/mol. The smallest absolute Gasteiger partial charge is 0.332 e. The summed E-state index contributed by atoms with van der Waals surface area (Å²) in [5, 5.41) is 20.3. The second kappa shape index (κ2) is 10.3. The van der Waals surface area contributed by atoms with Crippen LogP contribution in [0.25, 0.3) is 28.0 Å². The lowest BCUT2D eigenvalue weighted by atomic mass is 10.1. The van der Waals surface area contributed by atoms with Gasteiger partial charge in [-0.3, -0.25) is 0 Å². The van der Waals surface area contributed by atoms with Crippen LogP contribution in [0, 0.1) is 11.6 Å². The van der Waals surface area contributed by atoms with Crippen molar-refractivity contribution in [3.63, 3.8) is 0 Å². The number of halogens is 2. The molecule has 6 rings (SSSR count). The van der Waals surface area contributed by atoms with Gasteiger partial charge in [-0.2, -0.15) is 10.2 Å². The van der Waals surface area contributed by atoms with Crippen LogP contribution in [0.4, 0.5) is 8.78 Å². The van der Waals surface area contributed by atoms with E-state index in [4.69, 9.17) is 9.47 Å². The first-order valence-electron chi connectivity index (χ1n) is 12.9. The molecule has 1 N–H and O–H groups in total. The zero-order valence-corrected chi connectivity index (χ0v) is 22.5. The molecule has 0 spiro atoms. The van der Waals surface area contributed by atoms with Crippen molar-refractivity contribution < 1.29 is 23.0 Å².